The molecule has 0 unspecified atom stereocenters. The van der Waals surface area contributed by atoms with Gasteiger partial charge in [0.25, 0.3) is 5.91 Å². The number of nitrogens with zero attached hydrogens (tertiary/aromatic N) is 2. The van der Waals surface area contributed by atoms with Gasteiger partial charge in [0.15, 0.2) is 0 Å². The Hall–Kier alpha value is -3.08. The molecule has 138 valence electrons. The van der Waals surface area contributed by atoms with Crippen molar-refractivity contribution in [3.8, 4) is 17.0 Å². The molecule has 1 aromatic heterocycles. The van der Waals surface area contributed by atoms with Crippen molar-refractivity contribution in [1.29, 1.82) is 0 Å². The Labute approximate surface area is 158 Å². The number of aryl methyl sites for hydroxylation is 2. The first-order valence-electron chi connectivity index (χ1n) is 9.10. The second-order valence-electron chi connectivity index (χ2n) is 6.91. The van der Waals surface area contributed by atoms with E-state index in [4.69, 9.17) is 9.26 Å². The molecule has 0 atom stereocenters. The normalized spacial score (nSPS) is 13.4. The molecule has 0 saturated carbocycles. The van der Waals surface area contributed by atoms with Gasteiger partial charge in [-0.3, -0.25) is 4.79 Å². The van der Waals surface area contributed by atoms with Crippen LogP contribution in [0.1, 0.15) is 33.7 Å². The second-order valence-corrected chi connectivity index (χ2v) is 6.91. The van der Waals surface area contributed by atoms with Gasteiger partial charge in [0.05, 0.1) is 12.8 Å². The third kappa shape index (κ3) is 3.10. The summed E-state index contributed by atoms with van der Waals surface area (Å²) in [6.07, 6.45) is 1.85. The van der Waals surface area contributed by atoms with Crippen molar-refractivity contribution in [1.82, 2.24) is 5.16 Å². The third-order valence-corrected chi connectivity index (χ3v) is 5.09. The van der Waals surface area contributed by atoms with Gasteiger partial charge in [-0.25, -0.2) is 0 Å². The number of amides is 1. The van der Waals surface area contributed by atoms with Crippen LogP contribution in [0.4, 0.5) is 5.69 Å². The summed E-state index contributed by atoms with van der Waals surface area (Å²) in [4.78, 5) is 14.9. The Morgan fingerprint density at radius 1 is 1.15 bits per heavy atom. The molecule has 2 aromatic carbocycles. The van der Waals surface area contributed by atoms with Crippen LogP contribution in [0.15, 0.2) is 47.0 Å². The molecule has 2 heterocycles. The molecule has 3 aromatic rings. The summed E-state index contributed by atoms with van der Waals surface area (Å²) in [6, 6.07) is 13.6. The minimum atomic E-state index is -0.189. The summed E-state index contributed by atoms with van der Waals surface area (Å²) >= 11 is 0. The van der Waals surface area contributed by atoms with E-state index in [2.05, 4.69) is 12.1 Å². The van der Waals surface area contributed by atoms with Crippen LogP contribution in [-0.2, 0) is 6.42 Å². The number of fused-ring (bicyclic) bond motifs is 1. The maximum atomic E-state index is 13.2. The van der Waals surface area contributed by atoms with E-state index >= 15 is 0 Å². The summed E-state index contributed by atoms with van der Waals surface area (Å²) in [5, 5.41) is 4.09. The van der Waals surface area contributed by atoms with E-state index in [9.17, 15) is 4.79 Å². The first-order valence-corrected chi connectivity index (χ1v) is 9.10. The zero-order valence-electron chi connectivity index (χ0n) is 15.8. The van der Waals surface area contributed by atoms with Gasteiger partial charge in [0.2, 0.25) is 5.76 Å². The van der Waals surface area contributed by atoms with E-state index < -0.39 is 0 Å². The van der Waals surface area contributed by atoms with E-state index in [1.54, 1.807) is 18.1 Å². The Morgan fingerprint density at radius 2 is 1.93 bits per heavy atom. The fraction of sp³-hybridized carbons (Fsp3) is 0.273. The van der Waals surface area contributed by atoms with Crippen molar-refractivity contribution in [2.45, 2.75) is 26.7 Å². The van der Waals surface area contributed by atoms with Crippen molar-refractivity contribution in [2.24, 2.45) is 0 Å². The molecular weight excluding hydrogens is 340 g/mol. The van der Waals surface area contributed by atoms with Gasteiger partial charge >= 0.3 is 0 Å². The zero-order chi connectivity index (χ0) is 19.0. The number of rotatable bonds is 3. The predicted octanol–water partition coefficient (Wildman–Crippen LogP) is 4.56. The zero-order valence-corrected chi connectivity index (χ0v) is 15.8. The monoisotopic (exact) mass is 362 g/mol. The number of hydrogen-bond donors (Lipinski definition) is 0. The minimum absolute atomic E-state index is 0.189. The Bertz CT molecular complexity index is 989. The smallest absolute Gasteiger partial charge is 0.297 e. The maximum Gasteiger partial charge on any atom is 0.297 e. The molecule has 1 aliphatic rings. The molecule has 0 saturated heterocycles. The molecule has 1 aliphatic heterocycles. The number of carbonyl (C=O) groups is 1. The predicted molar refractivity (Wildman–Crippen MR) is 104 cm³/mol. The molecule has 27 heavy (non-hydrogen) atoms. The van der Waals surface area contributed by atoms with E-state index in [0.717, 1.165) is 29.7 Å². The van der Waals surface area contributed by atoms with Gasteiger partial charge in [0.1, 0.15) is 11.4 Å². The van der Waals surface area contributed by atoms with Gasteiger partial charge in [-0.1, -0.05) is 41.1 Å². The Balaban J connectivity index is 1.69. The lowest BCUT2D eigenvalue weighted by molar-refractivity contribution is 0.0948. The largest absolute Gasteiger partial charge is 0.495 e. The van der Waals surface area contributed by atoms with E-state index in [1.807, 2.05) is 43.3 Å². The van der Waals surface area contributed by atoms with Crippen molar-refractivity contribution in [3.63, 3.8) is 0 Å². The minimum Gasteiger partial charge on any atom is -0.495 e. The molecule has 5 heteroatoms. The standard InChI is InChI=1S/C22H22N2O3/c1-14-6-9-16(10-7-14)18-13-20(27-23-18)22(25)24-12-4-5-17-15(2)8-11-19(26-3)21(17)24/h6-11,13H,4-5,12H2,1-3H3. The van der Waals surface area contributed by atoms with Crippen LogP contribution < -0.4 is 9.64 Å². The number of anilines is 1. The van der Waals surface area contributed by atoms with Crippen LogP contribution in [0.3, 0.4) is 0 Å². The number of carbonyl (C=O) groups excluding carboxylic acids is 1. The van der Waals surface area contributed by atoms with Crippen molar-refractivity contribution < 1.29 is 14.1 Å². The number of benzene rings is 2. The molecule has 0 aliphatic carbocycles. The topological polar surface area (TPSA) is 55.6 Å². The fourth-order valence-corrected chi connectivity index (χ4v) is 3.59. The fourth-order valence-electron chi connectivity index (χ4n) is 3.59. The van der Waals surface area contributed by atoms with Gasteiger partial charge in [-0.2, -0.15) is 0 Å². The summed E-state index contributed by atoms with van der Waals surface area (Å²) in [5.41, 5.74) is 5.93. The highest BCUT2D eigenvalue weighted by Crippen LogP contribution is 2.39. The van der Waals surface area contributed by atoms with Crippen molar-refractivity contribution >= 4 is 11.6 Å². The molecular formula is C22H22N2O3. The number of ether oxygens (including phenoxy) is 1. The van der Waals surface area contributed by atoms with E-state index in [-0.39, 0.29) is 11.7 Å². The van der Waals surface area contributed by atoms with Gasteiger partial charge in [0, 0.05) is 18.2 Å². The quantitative estimate of drug-likeness (QED) is 0.685. The SMILES string of the molecule is COc1ccc(C)c2c1N(C(=O)c1cc(-c3ccc(C)cc3)no1)CCC2. The number of hydrogen-bond acceptors (Lipinski definition) is 4. The lowest BCUT2D eigenvalue weighted by Crippen LogP contribution is -2.36. The Morgan fingerprint density at radius 3 is 2.67 bits per heavy atom. The first kappa shape index (κ1) is 17.3. The lowest BCUT2D eigenvalue weighted by atomic mass is 9.96. The van der Waals surface area contributed by atoms with Crippen LogP contribution in [0.25, 0.3) is 11.3 Å². The average Bonchev–Trinajstić information content (AvgIpc) is 3.18. The maximum absolute atomic E-state index is 13.2. The average molecular weight is 362 g/mol. The van der Waals surface area contributed by atoms with E-state index in [0.29, 0.717) is 18.0 Å². The van der Waals surface area contributed by atoms with E-state index in [1.165, 1.54) is 11.1 Å². The van der Waals surface area contributed by atoms with Gasteiger partial charge in [-0.15, -0.1) is 0 Å². The molecule has 0 N–H and O–H groups in total. The van der Waals surface area contributed by atoms with Crippen LogP contribution in [0, 0.1) is 13.8 Å². The molecule has 4 rings (SSSR count). The summed E-state index contributed by atoms with van der Waals surface area (Å²) in [7, 11) is 1.63. The van der Waals surface area contributed by atoms with Gasteiger partial charge < -0.3 is 14.2 Å². The Kier molecular flexibility index (Phi) is 4.44. The highest BCUT2D eigenvalue weighted by molar-refractivity contribution is 6.06. The number of aromatic nitrogens is 1. The second kappa shape index (κ2) is 6.91. The van der Waals surface area contributed by atoms with Crippen LogP contribution in [0.5, 0.6) is 5.75 Å². The molecule has 0 bridgehead atoms. The highest BCUT2D eigenvalue weighted by atomic mass is 16.5. The van der Waals surface area contributed by atoms with Crippen LogP contribution in [-0.4, -0.2) is 24.7 Å². The number of methoxy groups -OCH3 is 1. The third-order valence-electron chi connectivity index (χ3n) is 5.09. The molecule has 1 amide bonds. The summed E-state index contributed by atoms with van der Waals surface area (Å²) in [6.45, 7) is 4.73. The van der Waals surface area contributed by atoms with Crippen LogP contribution in [0.2, 0.25) is 0 Å². The molecule has 5 nitrogen and oxygen atoms in total. The molecule has 0 radical (unpaired) electrons. The lowest BCUT2D eigenvalue weighted by Gasteiger charge is -2.31. The van der Waals surface area contributed by atoms with Crippen molar-refractivity contribution in [2.75, 3.05) is 18.6 Å². The van der Waals surface area contributed by atoms with Crippen LogP contribution >= 0.6 is 0 Å². The molecule has 0 fully saturated rings. The first-order chi connectivity index (χ1) is 13.1. The highest BCUT2D eigenvalue weighted by Gasteiger charge is 2.30. The molecule has 0 spiro atoms. The summed E-state index contributed by atoms with van der Waals surface area (Å²) in [5.74, 6) is 0.759. The van der Waals surface area contributed by atoms with Crippen molar-refractivity contribution in [3.05, 3.63) is 64.9 Å². The van der Waals surface area contributed by atoms with Gasteiger partial charge in [-0.05, 0) is 43.9 Å². The summed E-state index contributed by atoms with van der Waals surface area (Å²) < 4.78 is 10.9.